The molecule has 0 fully saturated rings. The van der Waals surface area contributed by atoms with Gasteiger partial charge in [0, 0.05) is 6.54 Å². The maximum Gasteiger partial charge on any atom is 0.251 e. The number of hydrogen-bond acceptors (Lipinski definition) is 5. The van der Waals surface area contributed by atoms with Gasteiger partial charge in [-0.25, -0.2) is 4.98 Å². The number of nitrogens with one attached hydrogen (secondary N) is 1. The molecule has 2 amide bonds. The van der Waals surface area contributed by atoms with Gasteiger partial charge < -0.3 is 15.6 Å². The van der Waals surface area contributed by atoms with Crippen molar-refractivity contribution < 1.29 is 9.59 Å². The first-order valence-electron chi connectivity index (χ1n) is 9.41. The Morgan fingerprint density at radius 2 is 1.83 bits per heavy atom. The van der Waals surface area contributed by atoms with E-state index in [1.807, 2.05) is 42.5 Å². The molecule has 30 heavy (non-hydrogen) atoms. The first-order chi connectivity index (χ1) is 14.6. The van der Waals surface area contributed by atoms with E-state index < -0.39 is 5.91 Å². The Morgan fingerprint density at radius 1 is 1.07 bits per heavy atom. The summed E-state index contributed by atoms with van der Waals surface area (Å²) in [5.41, 5.74) is 8.87. The molecule has 0 atom stereocenters. The van der Waals surface area contributed by atoms with Crippen LogP contribution < -0.4 is 11.1 Å². The summed E-state index contributed by atoms with van der Waals surface area (Å²) in [6.45, 7) is 0.769. The highest BCUT2D eigenvalue weighted by Crippen LogP contribution is 2.26. The Morgan fingerprint density at radius 3 is 2.63 bits per heavy atom. The highest BCUT2D eigenvalue weighted by molar-refractivity contribution is 7.99. The van der Waals surface area contributed by atoms with Crippen LogP contribution in [0.1, 0.15) is 15.9 Å². The van der Waals surface area contributed by atoms with E-state index >= 15 is 0 Å². The molecule has 0 aliphatic carbocycles. The number of thioether (sulfide) groups is 1. The molecule has 0 saturated heterocycles. The number of fused-ring (bicyclic) bond motifs is 1. The summed E-state index contributed by atoms with van der Waals surface area (Å²) in [4.78, 5) is 28.6. The molecule has 8 heteroatoms. The lowest BCUT2D eigenvalue weighted by Gasteiger charge is -2.09. The van der Waals surface area contributed by atoms with Crippen molar-refractivity contribution in [1.29, 1.82) is 0 Å². The Kier molecular flexibility index (Phi) is 6.15. The maximum atomic E-state index is 12.4. The summed E-state index contributed by atoms with van der Waals surface area (Å²) >= 11 is 2.66. The van der Waals surface area contributed by atoms with Crippen LogP contribution in [-0.4, -0.2) is 27.1 Å². The number of aromatic nitrogens is 2. The average molecular weight is 437 g/mol. The van der Waals surface area contributed by atoms with Crippen molar-refractivity contribution in [3.8, 4) is 0 Å². The third-order valence-electron chi connectivity index (χ3n) is 4.60. The van der Waals surface area contributed by atoms with Crippen molar-refractivity contribution >= 4 is 50.9 Å². The minimum atomic E-state index is -0.554. The first kappa shape index (κ1) is 20.2. The number of imidazole rings is 1. The fourth-order valence-corrected chi connectivity index (χ4v) is 4.81. The number of para-hydroxylation sites is 2. The molecule has 0 saturated carbocycles. The molecule has 4 aromatic rings. The summed E-state index contributed by atoms with van der Waals surface area (Å²) in [6.07, 6.45) is 0.873. The lowest BCUT2D eigenvalue weighted by molar-refractivity contribution is -0.113. The molecule has 2 aromatic carbocycles. The van der Waals surface area contributed by atoms with E-state index in [1.54, 1.807) is 11.4 Å². The lowest BCUT2D eigenvalue weighted by Crippen LogP contribution is -2.18. The molecule has 4 rings (SSSR count). The van der Waals surface area contributed by atoms with Gasteiger partial charge in [0.1, 0.15) is 5.00 Å². The number of benzene rings is 2. The fraction of sp³-hybridized carbons (Fsp3) is 0.136. The molecule has 3 N–H and O–H groups in total. The van der Waals surface area contributed by atoms with Gasteiger partial charge in [0.2, 0.25) is 5.91 Å². The number of amides is 2. The van der Waals surface area contributed by atoms with E-state index in [0.717, 1.165) is 29.2 Å². The predicted molar refractivity (Wildman–Crippen MR) is 122 cm³/mol. The van der Waals surface area contributed by atoms with Crippen molar-refractivity contribution in [1.82, 2.24) is 9.55 Å². The predicted octanol–water partition coefficient (Wildman–Crippen LogP) is 4.17. The first-order valence-corrected chi connectivity index (χ1v) is 11.3. The van der Waals surface area contributed by atoms with E-state index in [2.05, 4.69) is 22.0 Å². The second-order valence-electron chi connectivity index (χ2n) is 6.63. The van der Waals surface area contributed by atoms with Crippen LogP contribution in [-0.2, 0) is 17.8 Å². The highest BCUT2D eigenvalue weighted by Gasteiger charge is 2.15. The number of anilines is 1. The Hall–Kier alpha value is -3.10. The van der Waals surface area contributed by atoms with Crippen molar-refractivity contribution in [2.24, 2.45) is 5.73 Å². The molecule has 0 unspecified atom stereocenters. The standard InChI is InChI=1S/C22H20N4O2S2/c23-20(28)16-11-13-29-21(16)25-19(27)14-30-22-24-17-8-4-5-9-18(17)26(22)12-10-15-6-2-1-3-7-15/h1-9,11,13H,10,12,14H2,(H2,23,28)(H,25,27). The van der Waals surface area contributed by atoms with Crippen LogP contribution in [0.5, 0.6) is 0 Å². The maximum absolute atomic E-state index is 12.4. The molecule has 0 spiro atoms. The number of thiophene rings is 1. The van der Waals surface area contributed by atoms with Gasteiger partial charge in [-0.1, -0.05) is 54.2 Å². The number of hydrogen-bond donors (Lipinski definition) is 2. The smallest absolute Gasteiger partial charge is 0.251 e. The van der Waals surface area contributed by atoms with E-state index in [9.17, 15) is 9.59 Å². The largest absolute Gasteiger partial charge is 0.366 e. The van der Waals surface area contributed by atoms with Gasteiger partial charge in [0.25, 0.3) is 5.91 Å². The number of nitrogens with zero attached hydrogens (tertiary/aromatic N) is 2. The second kappa shape index (κ2) is 9.15. The SMILES string of the molecule is NC(=O)c1ccsc1NC(=O)CSc1nc2ccccc2n1CCc1ccccc1. The van der Waals surface area contributed by atoms with Crippen molar-refractivity contribution in [2.45, 2.75) is 18.1 Å². The third kappa shape index (κ3) is 4.55. The van der Waals surface area contributed by atoms with Crippen LogP contribution >= 0.6 is 23.1 Å². The van der Waals surface area contributed by atoms with Crippen LogP contribution in [0.15, 0.2) is 71.2 Å². The molecule has 2 heterocycles. The molecule has 2 aromatic heterocycles. The molecule has 0 aliphatic rings. The van der Waals surface area contributed by atoms with Gasteiger partial charge in [-0.05, 0) is 35.6 Å². The average Bonchev–Trinajstić information content (AvgIpc) is 3.36. The van der Waals surface area contributed by atoms with Crippen molar-refractivity contribution in [2.75, 3.05) is 11.1 Å². The summed E-state index contributed by atoms with van der Waals surface area (Å²) in [5.74, 6) is -0.571. The lowest BCUT2D eigenvalue weighted by atomic mass is 10.1. The molecule has 0 aliphatic heterocycles. The van der Waals surface area contributed by atoms with Crippen LogP contribution in [0.4, 0.5) is 5.00 Å². The van der Waals surface area contributed by atoms with Crippen LogP contribution in [0, 0.1) is 0 Å². The Bertz CT molecular complexity index is 1180. The van der Waals surface area contributed by atoms with Crippen LogP contribution in [0.2, 0.25) is 0 Å². The van der Waals surface area contributed by atoms with Gasteiger partial charge in [0.05, 0.1) is 22.3 Å². The number of aryl methyl sites for hydroxylation is 2. The number of primary amides is 1. The minimum absolute atomic E-state index is 0.185. The van der Waals surface area contributed by atoms with Gasteiger partial charge in [0.15, 0.2) is 5.16 Å². The molecule has 0 radical (unpaired) electrons. The quantitative estimate of drug-likeness (QED) is 0.406. The molecular formula is C22H20N4O2S2. The molecular weight excluding hydrogens is 416 g/mol. The van der Waals surface area contributed by atoms with Gasteiger partial charge in [-0.15, -0.1) is 11.3 Å². The van der Waals surface area contributed by atoms with Crippen molar-refractivity contribution in [3.63, 3.8) is 0 Å². The Balaban J connectivity index is 1.48. The molecule has 0 bridgehead atoms. The summed E-state index contributed by atoms with van der Waals surface area (Å²) < 4.78 is 2.15. The zero-order valence-corrected chi connectivity index (χ0v) is 17.7. The second-order valence-corrected chi connectivity index (χ2v) is 8.49. The summed E-state index contributed by atoms with van der Waals surface area (Å²) in [7, 11) is 0. The van der Waals surface area contributed by atoms with Gasteiger partial charge in [-0.3, -0.25) is 9.59 Å². The topological polar surface area (TPSA) is 90.0 Å². The monoisotopic (exact) mass is 436 g/mol. The van der Waals surface area contributed by atoms with Crippen molar-refractivity contribution in [3.05, 3.63) is 77.2 Å². The number of carbonyl (C=O) groups excluding carboxylic acids is 2. The number of carbonyl (C=O) groups is 2. The summed E-state index contributed by atoms with van der Waals surface area (Å²) in [5, 5.41) is 5.77. The highest BCUT2D eigenvalue weighted by atomic mass is 32.2. The molecule has 152 valence electrons. The normalized spacial score (nSPS) is 10.9. The zero-order valence-electron chi connectivity index (χ0n) is 16.1. The van der Waals surface area contributed by atoms with Crippen LogP contribution in [0.25, 0.3) is 11.0 Å². The number of rotatable bonds is 8. The van der Waals surface area contributed by atoms with Gasteiger partial charge >= 0.3 is 0 Å². The van der Waals surface area contributed by atoms with E-state index in [1.165, 1.54) is 28.7 Å². The minimum Gasteiger partial charge on any atom is -0.366 e. The number of nitrogens with two attached hydrogens (primary N) is 1. The van der Waals surface area contributed by atoms with Crippen LogP contribution in [0.3, 0.4) is 0 Å². The van der Waals surface area contributed by atoms with E-state index in [0.29, 0.717) is 10.6 Å². The summed E-state index contributed by atoms with van der Waals surface area (Å²) in [6, 6.07) is 19.9. The Labute approximate surface area is 182 Å². The van der Waals surface area contributed by atoms with E-state index in [-0.39, 0.29) is 11.7 Å². The van der Waals surface area contributed by atoms with Gasteiger partial charge in [-0.2, -0.15) is 0 Å². The van der Waals surface area contributed by atoms with E-state index in [4.69, 9.17) is 10.7 Å². The zero-order chi connectivity index (χ0) is 20.9. The third-order valence-corrected chi connectivity index (χ3v) is 6.41. The molecule has 6 nitrogen and oxygen atoms in total. The fourth-order valence-electron chi connectivity index (χ4n) is 3.16.